The second-order valence-electron chi connectivity index (χ2n) is 4.13. The Morgan fingerprint density at radius 2 is 1.83 bits per heavy atom. The Bertz CT molecular complexity index is 414. The largest absolute Gasteiger partial charge is 0.481 e. The Kier molecular flexibility index (Phi) is 5.45. The zero-order valence-electron chi connectivity index (χ0n) is 9.80. The third kappa shape index (κ3) is 5.54. The van der Waals surface area contributed by atoms with Gasteiger partial charge < -0.3 is 10.2 Å². The topological polar surface area (TPSA) is 74.6 Å². The number of halogens is 1. The fraction of sp³-hybridized carbons (Fsp3) is 0.385. The molecular weight excluding hydrogens is 239 g/mol. The first-order valence-electron chi connectivity index (χ1n) is 5.63. The number of carboxylic acids is 1. The van der Waals surface area contributed by atoms with Gasteiger partial charge in [0, 0.05) is 6.42 Å². The second-order valence-corrected chi connectivity index (χ2v) is 4.13. The van der Waals surface area contributed by atoms with Crippen LogP contribution >= 0.6 is 0 Å². The number of rotatable bonds is 7. The van der Waals surface area contributed by atoms with E-state index in [9.17, 15) is 19.1 Å². The molecule has 1 unspecified atom stereocenters. The smallest absolute Gasteiger partial charge is 0.310 e. The van der Waals surface area contributed by atoms with Gasteiger partial charge in [-0.15, -0.1) is 0 Å². The number of carbonyl (C=O) groups is 2. The Morgan fingerprint density at radius 3 is 2.39 bits per heavy atom. The summed E-state index contributed by atoms with van der Waals surface area (Å²) in [5, 5.41) is 18.0. The van der Waals surface area contributed by atoms with Crippen LogP contribution in [0, 0.1) is 5.82 Å². The summed E-state index contributed by atoms with van der Waals surface area (Å²) >= 11 is 0. The van der Waals surface area contributed by atoms with Crippen LogP contribution in [0.15, 0.2) is 24.3 Å². The van der Waals surface area contributed by atoms with Gasteiger partial charge in [-0.3, -0.25) is 9.59 Å². The van der Waals surface area contributed by atoms with Crippen LogP contribution in [0.2, 0.25) is 0 Å². The Labute approximate surface area is 104 Å². The minimum Gasteiger partial charge on any atom is -0.481 e. The molecule has 0 aliphatic carbocycles. The lowest BCUT2D eigenvalue weighted by Crippen LogP contribution is -2.16. The number of aliphatic carboxylic acids is 1. The van der Waals surface area contributed by atoms with Crippen LogP contribution in [0.25, 0.3) is 0 Å². The van der Waals surface area contributed by atoms with E-state index >= 15 is 0 Å². The molecule has 0 aliphatic heterocycles. The first-order valence-corrected chi connectivity index (χ1v) is 5.63. The fourth-order valence-electron chi connectivity index (χ4n) is 1.59. The molecule has 0 saturated heterocycles. The summed E-state index contributed by atoms with van der Waals surface area (Å²) < 4.78 is 12.6. The molecule has 0 aliphatic rings. The van der Waals surface area contributed by atoms with Crippen molar-refractivity contribution in [1.29, 1.82) is 0 Å². The number of Topliss-reactive ketones (excluding diaryl/α,β-unsaturated/α-hetero) is 1. The molecule has 5 heteroatoms. The van der Waals surface area contributed by atoms with Crippen molar-refractivity contribution in [3.63, 3.8) is 0 Å². The highest BCUT2D eigenvalue weighted by Gasteiger charge is 2.13. The highest BCUT2D eigenvalue weighted by Crippen LogP contribution is 2.09. The fourth-order valence-corrected chi connectivity index (χ4v) is 1.59. The molecule has 1 rings (SSSR count). The highest BCUT2D eigenvalue weighted by atomic mass is 19.1. The summed E-state index contributed by atoms with van der Waals surface area (Å²) in [5.74, 6) is -2.00. The summed E-state index contributed by atoms with van der Waals surface area (Å²) in [5.41, 5.74) is 0.862. The molecule has 0 amide bonds. The van der Waals surface area contributed by atoms with Crippen molar-refractivity contribution in [1.82, 2.24) is 0 Å². The van der Waals surface area contributed by atoms with Crippen molar-refractivity contribution >= 4 is 11.8 Å². The van der Waals surface area contributed by atoms with E-state index in [1.54, 1.807) is 12.1 Å². The van der Waals surface area contributed by atoms with Gasteiger partial charge >= 0.3 is 5.97 Å². The average Bonchev–Trinajstić information content (AvgIpc) is 2.27. The van der Waals surface area contributed by atoms with Gasteiger partial charge in [0.1, 0.15) is 18.0 Å². The molecule has 0 heterocycles. The minimum atomic E-state index is -1.19. The molecule has 18 heavy (non-hydrogen) atoms. The van der Waals surface area contributed by atoms with Crippen molar-refractivity contribution < 1.29 is 24.2 Å². The quantitative estimate of drug-likeness (QED) is 0.724. The van der Waals surface area contributed by atoms with E-state index in [1.165, 1.54) is 12.1 Å². The maximum Gasteiger partial charge on any atom is 0.310 e. The number of aliphatic hydroxyl groups is 1. The normalized spacial score (nSPS) is 12.1. The van der Waals surface area contributed by atoms with E-state index in [2.05, 4.69) is 0 Å². The lowest BCUT2D eigenvalue weighted by molar-refractivity contribution is -0.140. The molecular formula is C13H15FO4. The molecule has 0 spiro atoms. The maximum absolute atomic E-state index is 12.6. The highest BCUT2D eigenvalue weighted by molar-refractivity contribution is 5.94. The number of benzene rings is 1. The van der Waals surface area contributed by atoms with Gasteiger partial charge in [-0.05, 0) is 30.5 Å². The molecule has 0 bridgehead atoms. The second kappa shape index (κ2) is 6.86. The Hall–Kier alpha value is -1.75. The van der Waals surface area contributed by atoms with Gasteiger partial charge in [0.05, 0.1) is 6.10 Å². The maximum atomic E-state index is 12.6. The van der Waals surface area contributed by atoms with E-state index in [1.807, 2.05) is 0 Å². The zero-order valence-corrected chi connectivity index (χ0v) is 9.80. The molecule has 1 aromatic rings. The van der Waals surface area contributed by atoms with Crippen molar-refractivity contribution in [2.24, 2.45) is 0 Å². The summed E-state index contributed by atoms with van der Waals surface area (Å²) in [4.78, 5) is 21.4. The summed E-state index contributed by atoms with van der Waals surface area (Å²) in [6.07, 6.45) is -0.721. The standard InChI is InChI=1S/C13H15FO4/c14-10-4-1-9(2-5-10)3-6-11(15)7-12(16)8-13(17)18/h1-2,4-5,11,15H,3,6-8H2,(H,17,18). The molecule has 0 aromatic heterocycles. The predicted molar refractivity (Wildman–Crippen MR) is 62.6 cm³/mol. The molecule has 0 radical (unpaired) electrons. The number of aryl methyl sites for hydroxylation is 1. The third-order valence-electron chi connectivity index (χ3n) is 2.49. The average molecular weight is 254 g/mol. The number of carboxylic acid groups (broad SMARTS) is 1. The van der Waals surface area contributed by atoms with Crippen LogP contribution in [0.5, 0.6) is 0 Å². The third-order valence-corrected chi connectivity index (χ3v) is 2.49. The first kappa shape index (κ1) is 14.3. The predicted octanol–water partition coefficient (Wildman–Crippen LogP) is 1.55. The van der Waals surface area contributed by atoms with Crippen LogP contribution in [0.3, 0.4) is 0 Å². The molecule has 1 aromatic carbocycles. The number of hydrogen-bond donors (Lipinski definition) is 2. The van der Waals surface area contributed by atoms with Crippen LogP contribution in [-0.4, -0.2) is 28.1 Å². The Balaban J connectivity index is 2.32. The first-order chi connectivity index (χ1) is 8.47. The molecule has 0 fully saturated rings. The summed E-state index contributed by atoms with van der Waals surface area (Å²) in [7, 11) is 0. The Morgan fingerprint density at radius 1 is 1.22 bits per heavy atom. The molecule has 98 valence electrons. The van der Waals surface area contributed by atoms with E-state index < -0.39 is 24.3 Å². The zero-order chi connectivity index (χ0) is 13.5. The van der Waals surface area contributed by atoms with Gasteiger partial charge in [-0.25, -0.2) is 4.39 Å². The van der Waals surface area contributed by atoms with E-state index in [0.29, 0.717) is 12.8 Å². The van der Waals surface area contributed by atoms with E-state index in [-0.39, 0.29) is 12.2 Å². The van der Waals surface area contributed by atoms with Gasteiger partial charge in [0.2, 0.25) is 0 Å². The van der Waals surface area contributed by atoms with Crippen LogP contribution in [0.1, 0.15) is 24.8 Å². The molecule has 0 saturated carbocycles. The van der Waals surface area contributed by atoms with E-state index in [4.69, 9.17) is 5.11 Å². The van der Waals surface area contributed by atoms with Crippen molar-refractivity contribution in [2.75, 3.05) is 0 Å². The lowest BCUT2D eigenvalue weighted by Gasteiger charge is -2.09. The van der Waals surface area contributed by atoms with Crippen molar-refractivity contribution in [3.05, 3.63) is 35.6 Å². The van der Waals surface area contributed by atoms with E-state index in [0.717, 1.165) is 5.56 Å². The van der Waals surface area contributed by atoms with Gasteiger partial charge in [0.25, 0.3) is 0 Å². The van der Waals surface area contributed by atoms with Crippen molar-refractivity contribution in [3.8, 4) is 0 Å². The number of ketones is 1. The van der Waals surface area contributed by atoms with Crippen molar-refractivity contribution in [2.45, 2.75) is 31.8 Å². The minimum absolute atomic E-state index is 0.159. The van der Waals surface area contributed by atoms with Gasteiger partial charge in [0.15, 0.2) is 0 Å². The molecule has 2 N–H and O–H groups in total. The summed E-state index contributed by atoms with van der Waals surface area (Å²) in [6.45, 7) is 0. The summed E-state index contributed by atoms with van der Waals surface area (Å²) in [6, 6.07) is 5.89. The van der Waals surface area contributed by atoms with Gasteiger partial charge in [-0.1, -0.05) is 12.1 Å². The van der Waals surface area contributed by atoms with Gasteiger partial charge in [-0.2, -0.15) is 0 Å². The number of aliphatic hydroxyl groups excluding tert-OH is 1. The lowest BCUT2D eigenvalue weighted by atomic mass is 10.0. The van der Waals surface area contributed by atoms with Crippen LogP contribution < -0.4 is 0 Å². The van der Waals surface area contributed by atoms with Crippen LogP contribution in [-0.2, 0) is 16.0 Å². The molecule has 4 nitrogen and oxygen atoms in total. The molecule has 1 atom stereocenters. The monoisotopic (exact) mass is 254 g/mol. The number of carbonyl (C=O) groups excluding carboxylic acids is 1. The SMILES string of the molecule is O=C(O)CC(=O)CC(O)CCc1ccc(F)cc1. The number of hydrogen-bond acceptors (Lipinski definition) is 3. The van der Waals surface area contributed by atoms with Crippen LogP contribution in [0.4, 0.5) is 4.39 Å².